The fraction of sp³-hybridized carbons (Fsp3) is 0.667. The van der Waals surface area contributed by atoms with E-state index in [0.717, 1.165) is 25.7 Å². The second-order valence-corrected chi connectivity index (χ2v) is 5.35. The van der Waals surface area contributed by atoms with Gasteiger partial charge < -0.3 is 4.74 Å². The molecule has 3 rings (SSSR count). The number of rotatable bonds is 2. The number of ether oxygens (including phenoxy) is 1. The Balaban J connectivity index is 2.25. The van der Waals surface area contributed by atoms with Crippen LogP contribution in [0.3, 0.4) is 0 Å². The molecular weight excluding hydrogens is 212 g/mol. The molecule has 2 bridgehead atoms. The minimum absolute atomic E-state index is 0.0109. The molecule has 2 nitrogen and oxygen atoms in total. The molecule has 3 aliphatic rings. The van der Waals surface area contributed by atoms with Gasteiger partial charge in [-0.1, -0.05) is 11.6 Å². The summed E-state index contributed by atoms with van der Waals surface area (Å²) in [4.78, 5) is 11.2. The van der Waals surface area contributed by atoms with Crippen molar-refractivity contribution in [3.8, 4) is 12.3 Å². The first-order chi connectivity index (χ1) is 8.11. The maximum absolute atomic E-state index is 11.2. The normalized spacial score (nSPS) is 37.8. The standard InChI is InChI=1S/C15H20O2/c1-4-7-15-8-6-13(12(5-2)10-15)9-14(15)17-11(3)16/h1,5,13-14H,6-10H2,2-3H3/b12-5+. The van der Waals surface area contributed by atoms with Crippen LogP contribution in [-0.4, -0.2) is 12.1 Å². The molecule has 3 saturated carbocycles. The van der Waals surface area contributed by atoms with Gasteiger partial charge in [0.05, 0.1) is 0 Å². The average molecular weight is 232 g/mol. The molecule has 3 fully saturated rings. The third kappa shape index (κ3) is 2.11. The first kappa shape index (κ1) is 12.2. The van der Waals surface area contributed by atoms with Crippen molar-refractivity contribution in [2.75, 3.05) is 0 Å². The minimum Gasteiger partial charge on any atom is -0.462 e. The van der Waals surface area contributed by atoms with E-state index in [0.29, 0.717) is 5.92 Å². The van der Waals surface area contributed by atoms with Crippen LogP contribution >= 0.6 is 0 Å². The minimum atomic E-state index is -0.180. The monoisotopic (exact) mass is 232 g/mol. The molecule has 0 heterocycles. The van der Waals surface area contributed by atoms with E-state index in [4.69, 9.17) is 11.2 Å². The fourth-order valence-electron chi connectivity index (χ4n) is 3.52. The van der Waals surface area contributed by atoms with Crippen LogP contribution in [0.2, 0.25) is 0 Å². The summed E-state index contributed by atoms with van der Waals surface area (Å²) in [6.07, 6.45) is 12.7. The Morgan fingerprint density at radius 3 is 3.06 bits per heavy atom. The summed E-state index contributed by atoms with van der Waals surface area (Å²) in [7, 11) is 0. The van der Waals surface area contributed by atoms with Crippen molar-refractivity contribution in [1.82, 2.24) is 0 Å². The van der Waals surface area contributed by atoms with Crippen LogP contribution in [0.5, 0.6) is 0 Å². The molecule has 3 aliphatic carbocycles. The zero-order valence-electron chi connectivity index (χ0n) is 10.7. The number of carbonyl (C=O) groups is 1. The number of carbonyl (C=O) groups excluding carboxylic acids is 1. The van der Waals surface area contributed by atoms with Crippen molar-refractivity contribution in [2.45, 2.75) is 52.1 Å². The van der Waals surface area contributed by atoms with E-state index >= 15 is 0 Å². The predicted molar refractivity (Wildman–Crippen MR) is 67.2 cm³/mol. The summed E-state index contributed by atoms with van der Waals surface area (Å²) < 4.78 is 5.51. The van der Waals surface area contributed by atoms with Crippen molar-refractivity contribution in [2.24, 2.45) is 11.3 Å². The van der Waals surface area contributed by atoms with E-state index in [-0.39, 0.29) is 17.5 Å². The van der Waals surface area contributed by atoms with Gasteiger partial charge in [0, 0.05) is 18.8 Å². The van der Waals surface area contributed by atoms with Crippen LogP contribution in [-0.2, 0) is 9.53 Å². The first-order valence-electron chi connectivity index (χ1n) is 6.37. The number of hydrogen-bond acceptors (Lipinski definition) is 2. The molecule has 0 aromatic heterocycles. The third-order valence-electron chi connectivity index (χ3n) is 4.39. The Labute approximate surface area is 103 Å². The van der Waals surface area contributed by atoms with Gasteiger partial charge in [0.25, 0.3) is 0 Å². The predicted octanol–water partition coefficient (Wildman–Crippen LogP) is 3.08. The van der Waals surface area contributed by atoms with Crippen LogP contribution in [0.25, 0.3) is 0 Å². The lowest BCUT2D eigenvalue weighted by atomic mass is 9.56. The van der Waals surface area contributed by atoms with Crippen molar-refractivity contribution in [3.05, 3.63) is 11.6 Å². The summed E-state index contributed by atoms with van der Waals surface area (Å²) in [5.41, 5.74) is 1.52. The molecule has 3 atom stereocenters. The number of esters is 1. The van der Waals surface area contributed by atoms with Gasteiger partial charge in [0.15, 0.2) is 0 Å². The molecule has 0 saturated heterocycles. The second-order valence-electron chi connectivity index (χ2n) is 5.35. The zero-order valence-corrected chi connectivity index (χ0v) is 10.7. The maximum atomic E-state index is 11.2. The fourth-order valence-corrected chi connectivity index (χ4v) is 3.52. The lowest BCUT2D eigenvalue weighted by Crippen LogP contribution is -2.48. The van der Waals surface area contributed by atoms with Gasteiger partial charge in [0.1, 0.15) is 6.10 Å². The summed E-state index contributed by atoms with van der Waals surface area (Å²) in [5.74, 6) is 3.20. The molecule has 0 N–H and O–H groups in total. The van der Waals surface area contributed by atoms with Gasteiger partial charge >= 0.3 is 5.97 Å². The number of hydrogen-bond donors (Lipinski definition) is 0. The topological polar surface area (TPSA) is 26.3 Å². The molecular formula is C15H20O2. The van der Waals surface area contributed by atoms with Crippen molar-refractivity contribution >= 4 is 5.97 Å². The second kappa shape index (κ2) is 4.56. The number of terminal acetylenes is 1. The Kier molecular flexibility index (Phi) is 3.28. The van der Waals surface area contributed by atoms with E-state index in [1.54, 1.807) is 0 Å². The van der Waals surface area contributed by atoms with Crippen molar-refractivity contribution in [3.63, 3.8) is 0 Å². The highest BCUT2D eigenvalue weighted by atomic mass is 16.5. The van der Waals surface area contributed by atoms with Gasteiger partial charge in [0.2, 0.25) is 0 Å². The van der Waals surface area contributed by atoms with Gasteiger partial charge in [-0.15, -0.1) is 12.3 Å². The SMILES string of the molecule is C#CCC12CCC(CC1OC(C)=O)/C(=C/C)C2. The van der Waals surface area contributed by atoms with E-state index < -0.39 is 0 Å². The highest BCUT2D eigenvalue weighted by Crippen LogP contribution is 2.55. The molecule has 0 aliphatic heterocycles. The third-order valence-corrected chi connectivity index (χ3v) is 4.39. The molecule has 0 amide bonds. The summed E-state index contributed by atoms with van der Waals surface area (Å²) >= 11 is 0. The molecule has 0 aromatic rings. The van der Waals surface area contributed by atoms with Crippen molar-refractivity contribution < 1.29 is 9.53 Å². The Morgan fingerprint density at radius 2 is 2.47 bits per heavy atom. The summed E-state index contributed by atoms with van der Waals surface area (Å²) in [6, 6.07) is 0. The molecule has 3 unspecified atom stereocenters. The quantitative estimate of drug-likeness (QED) is 0.415. The van der Waals surface area contributed by atoms with E-state index in [9.17, 15) is 4.79 Å². The highest BCUT2D eigenvalue weighted by molar-refractivity contribution is 5.66. The Hall–Kier alpha value is -1.23. The van der Waals surface area contributed by atoms with Crippen LogP contribution < -0.4 is 0 Å². The summed E-state index contributed by atoms with van der Waals surface area (Å²) in [6.45, 7) is 3.59. The lowest BCUT2D eigenvalue weighted by Gasteiger charge is -2.51. The zero-order chi connectivity index (χ0) is 12.5. The molecule has 0 spiro atoms. The van der Waals surface area contributed by atoms with Crippen LogP contribution in [0.4, 0.5) is 0 Å². The maximum Gasteiger partial charge on any atom is 0.302 e. The first-order valence-corrected chi connectivity index (χ1v) is 6.37. The van der Waals surface area contributed by atoms with Gasteiger partial charge in [-0.25, -0.2) is 0 Å². The van der Waals surface area contributed by atoms with Gasteiger partial charge in [-0.05, 0) is 38.5 Å². The average Bonchev–Trinajstić information content (AvgIpc) is 2.30. The lowest BCUT2D eigenvalue weighted by molar-refractivity contribution is -0.161. The van der Waals surface area contributed by atoms with E-state index in [2.05, 4.69) is 18.9 Å². The van der Waals surface area contributed by atoms with Crippen LogP contribution in [0.15, 0.2) is 11.6 Å². The Morgan fingerprint density at radius 1 is 1.71 bits per heavy atom. The number of allylic oxidation sites excluding steroid dienone is 2. The largest absolute Gasteiger partial charge is 0.462 e. The Bertz CT molecular complexity index is 388. The van der Waals surface area contributed by atoms with E-state index in [1.807, 2.05) is 0 Å². The molecule has 0 aromatic carbocycles. The smallest absolute Gasteiger partial charge is 0.302 e. The molecule has 92 valence electrons. The molecule has 0 radical (unpaired) electrons. The molecule has 2 heteroatoms. The van der Waals surface area contributed by atoms with Crippen LogP contribution in [0, 0.1) is 23.7 Å². The van der Waals surface area contributed by atoms with Crippen LogP contribution in [0.1, 0.15) is 46.0 Å². The highest BCUT2D eigenvalue weighted by Gasteiger charge is 2.50. The van der Waals surface area contributed by atoms with E-state index in [1.165, 1.54) is 18.9 Å². The number of fused-ring (bicyclic) bond motifs is 3. The van der Waals surface area contributed by atoms with Gasteiger partial charge in [-0.2, -0.15) is 0 Å². The van der Waals surface area contributed by atoms with Crippen molar-refractivity contribution in [1.29, 1.82) is 0 Å². The summed E-state index contributed by atoms with van der Waals surface area (Å²) in [5, 5.41) is 0. The van der Waals surface area contributed by atoms with Gasteiger partial charge in [-0.3, -0.25) is 4.79 Å². The molecule has 17 heavy (non-hydrogen) atoms.